The number of pyridine rings is 3. The predicted octanol–water partition coefficient (Wildman–Crippen LogP) is 5.68. The summed E-state index contributed by atoms with van der Waals surface area (Å²) in [6, 6.07) is 32.7. The molecule has 0 saturated heterocycles. The molecule has 9 nitrogen and oxygen atoms in total. The second-order valence-electron chi connectivity index (χ2n) is 9.76. The number of benzene rings is 2. The molecule has 1 unspecified atom stereocenters. The van der Waals surface area contributed by atoms with Crippen LogP contribution in [0.3, 0.4) is 0 Å². The van der Waals surface area contributed by atoms with Gasteiger partial charge in [0.25, 0.3) is 5.91 Å². The van der Waals surface area contributed by atoms with Crippen LogP contribution in [0.4, 0.5) is 5.82 Å². The van der Waals surface area contributed by atoms with E-state index in [-0.39, 0.29) is 11.6 Å². The number of anilines is 1. The Morgan fingerprint density at radius 2 is 1.74 bits per heavy atom. The zero-order valence-electron chi connectivity index (χ0n) is 22.8. The molecule has 0 aliphatic carbocycles. The molecule has 42 heavy (non-hydrogen) atoms. The number of aromatic nitrogens is 5. The summed E-state index contributed by atoms with van der Waals surface area (Å²) in [4.78, 5) is 31.3. The number of nitrogen functional groups attached to an aromatic ring is 1. The smallest absolute Gasteiger partial charge is 0.270 e. The van der Waals surface area contributed by atoms with Gasteiger partial charge in [-0.3, -0.25) is 9.36 Å². The molecule has 3 N–H and O–H groups in total. The summed E-state index contributed by atoms with van der Waals surface area (Å²) in [6.45, 7) is 2.06. The quantitative estimate of drug-likeness (QED) is 0.261. The standard InChI is InChI=1S/C33H26N8O/c1-21(19-34)26-10-5-11-29(38-26)33(42)37-20-22-12-14-24(15-13-22)41-31(25-9-6-18-36-30(25)35)40-28-17-16-27(39-32(28)41)23-7-3-2-4-8-23/h2-18,21H,20H2,1H3,(H2,35,36)(H,37,42). The van der Waals surface area contributed by atoms with Gasteiger partial charge in [0.15, 0.2) is 11.5 Å². The Morgan fingerprint density at radius 3 is 2.50 bits per heavy atom. The zero-order chi connectivity index (χ0) is 29.1. The first-order chi connectivity index (χ1) is 20.5. The highest BCUT2D eigenvalue weighted by Gasteiger charge is 2.19. The number of fused-ring (bicyclic) bond motifs is 1. The van der Waals surface area contributed by atoms with Crippen molar-refractivity contribution in [2.45, 2.75) is 19.4 Å². The summed E-state index contributed by atoms with van der Waals surface area (Å²) in [7, 11) is 0. The third kappa shape index (κ3) is 5.17. The van der Waals surface area contributed by atoms with Gasteiger partial charge in [-0.05, 0) is 61.0 Å². The van der Waals surface area contributed by atoms with Crippen LogP contribution in [0.2, 0.25) is 0 Å². The highest BCUT2D eigenvalue weighted by molar-refractivity contribution is 5.92. The van der Waals surface area contributed by atoms with Crippen molar-refractivity contribution in [1.29, 1.82) is 5.26 Å². The summed E-state index contributed by atoms with van der Waals surface area (Å²) in [5.74, 6) is 0.304. The summed E-state index contributed by atoms with van der Waals surface area (Å²) < 4.78 is 1.98. The number of carbonyl (C=O) groups is 1. The van der Waals surface area contributed by atoms with Crippen LogP contribution in [0.25, 0.3) is 39.5 Å². The normalized spacial score (nSPS) is 11.6. The van der Waals surface area contributed by atoms with Gasteiger partial charge in [0.1, 0.15) is 17.0 Å². The Kier molecular flexibility index (Phi) is 7.10. The van der Waals surface area contributed by atoms with Gasteiger partial charge in [0, 0.05) is 24.0 Å². The van der Waals surface area contributed by atoms with Crippen LogP contribution < -0.4 is 11.1 Å². The number of hydrogen-bond donors (Lipinski definition) is 2. The third-order valence-electron chi connectivity index (χ3n) is 6.94. The molecular formula is C33H26N8O. The molecule has 2 aromatic carbocycles. The number of hydrogen-bond acceptors (Lipinski definition) is 7. The SMILES string of the molecule is CC(C#N)c1cccc(C(=O)NCc2ccc(-n3c(-c4cccnc4N)nc4ccc(-c5ccccc5)nc43)cc2)n1. The minimum Gasteiger partial charge on any atom is -0.383 e. The second-order valence-corrected chi connectivity index (χ2v) is 9.76. The highest BCUT2D eigenvalue weighted by Crippen LogP contribution is 2.31. The van der Waals surface area contributed by atoms with Gasteiger partial charge in [-0.15, -0.1) is 0 Å². The number of nitrogens with two attached hydrogens (primary N) is 1. The number of nitriles is 1. The average molecular weight is 551 g/mol. The van der Waals surface area contributed by atoms with Crippen molar-refractivity contribution in [2.75, 3.05) is 5.73 Å². The fourth-order valence-corrected chi connectivity index (χ4v) is 4.68. The molecular weight excluding hydrogens is 524 g/mol. The number of imidazole rings is 1. The Hall–Kier alpha value is -5.88. The first kappa shape index (κ1) is 26.3. The molecule has 0 spiro atoms. The lowest BCUT2D eigenvalue weighted by atomic mass is 10.1. The van der Waals surface area contributed by atoms with Gasteiger partial charge >= 0.3 is 0 Å². The Bertz CT molecular complexity index is 1940. The van der Waals surface area contributed by atoms with E-state index in [1.807, 2.05) is 83.4 Å². The maximum atomic E-state index is 12.8. The van der Waals surface area contributed by atoms with E-state index in [0.29, 0.717) is 35.1 Å². The summed E-state index contributed by atoms with van der Waals surface area (Å²) in [5, 5.41) is 12.1. The van der Waals surface area contributed by atoms with E-state index in [4.69, 9.17) is 15.7 Å². The van der Waals surface area contributed by atoms with Crippen molar-refractivity contribution in [1.82, 2.24) is 29.8 Å². The van der Waals surface area contributed by atoms with Crippen LogP contribution >= 0.6 is 0 Å². The molecule has 4 heterocycles. The van der Waals surface area contributed by atoms with Gasteiger partial charge in [-0.25, -0.2) is 19.9 Å². The van der Waals surface area contributed by atoms with Crippen molar-refractivity contribution in [2.24, 2.45) is 0 Å². The number of nitrogens with zero attached hydrogens (tertiary/aromatic N) is 6. The van der Waals surface area contributed by atoms with Crippen LogP contribution in [-0.2, 0) is 6.54 Å². The maximum Gasteiger partial charge on any atom is 0.270 e. The van der Waals surface area contributed by atoms with E-state index in [1.165, 1.54) is 0 Å². The number of carbonyl (C=O) groups excluding carboxylic acids is 1. The van der Waals surface area contributed by atoms with E-state index >= 15 is 0 Å². The van der Waals surface area contributed by atoms with E-state index in [0.717, 1.165) is 28.0 Å². The van der Waals surface area contributed by atoms with Gasteiger partial charge in [0.2, 0.25) is 0 Å². The van der Waals surface area contributed by atoms with Crippen molar-refractivity contribution in [3.05, 3.63) is 120 Å². The molecule has 0 saturated carbocycles. The number of nitrogens with one attached hydrogen (secondary N) is 1. The summed E-state index contributed by atoms with van der Waals surface area (Å²) in [5.41, 5.74) is 12.8. The van der Waals surface area contributed by atoms with E-state index in [9.17, 15) is 10.1 Å². The van der Waals surface area contributed by atoms with Gasteiger partial charge in [-0.1, -0.05) is 48.5 Å². The van der Waals surface area contributed by atoms with Crippen molar-refractivity contribution < 1.29 is 4.79 Å². The summed E-state index contributed by atoms with van der Waals surface area (Å²) >= 11 is 0. The van der Waals surface area contributed by atoms with Crippen molar-refractivity contribution in [3.63, 3.8) is 0 Å². The van der Waals surface area contributed by atoms with E-state index in [1.54, 1.807) is 31.3 Å². The molecule has 4 aromatic heterocycles. The second kappa shape index (κ2) is 11.3. The lowest BCUT2D eigenvalue weighted by molar-refractivity contribution is 0.0945. The van der Waals surface area contributed by atoms with Crippen molar-refractivity contribution in [3.8, 4) is 34.4 Å². The molecule has 6 aromatic rings. The largest absolute Gasteiger partial charge is 0.383 e. The molecule has 0 aliphatic rings. The molecule has 1 atom stereocenters. The molecule has 1 amide bonds. The van der Waals surface area contributed by atoms with E-state index < -0.39 is 5.92 Å². The Labute approximate surface area is 242 Å². The molecule has 0 fully saturated rings. The van der Waals surface area contributed by atoms with Gasteiger partial charge in [-0.2, -0.15) is 5.26 Å². The summed E-state index contributed by atoms with van der Waals surface area (Å²) in [6.07, 6.45) is 1.65. The monoisotopic (exact) mass is 550 g/mol. The number of rotatable bonds is 7. The Balaban J connectivity index is 1.33. The maximum absolute atomic E-state index is 12.8. The first-order valence-electron chi connectivity index (χ1n) is 13.4. The van der Waals surface area contributed by atoms with Gasteiger partial charge in [0.05, 0.1) is 28.9 Å². The molecule has 0 radical (unpaired) electrons. The van der Waals surface area contributed by atoms with Crippen LogP contribution in [0.1, 0.15) is 34.6 Å². The fraction of sp³-hybridized carbons (Fsp3) is 0.0909. The minimum absolute atomic E-state index is 0.273. The average Bonchev–Trinajstić information content (AvgIpc) is 3.42. The first-order valence-corrected chi connectivity index (χ1v) is 13.4. The molecule has 0 aliphatic heterocycles. The third-order valence-corrected chi connectivity index (χ3v) is 6.94. The fourth-order valence-electron chi connectivity index (χ4n) is 4.68. The molecule has 9 heteroatoms. The predicted molar refractivity (Wildman–Crippen MR) is 161 cm³/mol. The lowest BCUT2D eigenvalue weighted by Gasteiger charge is -2.12. The number of amides is 1. The Morgan fingerprint density at radius 1 is 0.929 bits per heavy atom. The van der Waals surface area contributed by atoms with E-state index in [2.05, 4.69) is 21.4 Å². The molecule has 204 valence electrons. The van der Waals surface area contributed by atoms with Gasteiger partial charge < -0.3 is 11.1 Å². The highest BCUT2D eigenvalue weighted by atomic mass is 16.1. The van der Waals surface area contributed by atoms with Crippen molar-refractivity contribution >= 4 is 22.9 Å². The van der Waals surface area contributed by atoms with Crippen LogP contribution in [0, 0.1) is 11.3 Å². The molecule has 0 bridgehead atoms. The molecule has 6 rings (SSSR count). The van der Waals surface area contributed by atoms with Crippen LogP contribution in [0.15, 0.2) is 103 Å². The minimum atomic E-state index is -0.394. The zero-order valence-corrected chi connectivity index (χ0v) is 22.8. The topological polar surface area (TPSA) is 135 Å². The van der Waals surface area contributed by atoms with Crippen LogP contribution in [0.5, 0.6) is 0 Å². The lowest BCUT2D eigenvalue weighted by Crippen LogP contribution is -2.24. The van der Waals surface area contributed by atoms with Crippen LogP contribution in [-0.4, -0.2) is 30.4 Å².